The van der Waals surface area contributed by atoms with Crippen molar-refractivity contribution in [2.45, 2.75) is 45.8 Å². The summed E-state index contributed by atoms with van der Waals surface area (Å²) in [5, 5.41) is 6.98. The fourth-order valence-electron chi connectivity index (χ4n) is 4.03. The largest absolute Gasteiger partial charge is 0.444 e. The van der Waals surface area contributed by atoms with E-state index in [9.17, 15) is 0 Å². The maximum atomic E-state index is 5.64. The highest BCUT2D eigenvalue weighted by molar-refractivity contribution is 5.80. The molecule has 1 aliphatic rings. The fourth-order valence-corrected chi connectivity index (χ4v) is 4.03. The predicted octanol–water partition coefficient (Wildman–Crippen LogP) is 4.37. The quantitative estimate of drug-likeness (QED) is 0.430. The second-order valence-corrected chi connectivity index (χ2v) is 8.33. The van der Waals surface area contributed by atoms with Crippen LogP contribution in [0.4, 0.5) is 0 Å². The van der Waals surface area contributed by atoms with Gasteiger partial charge in [-0.2, -0.15) is 0 Å². The van der Waals surface area contributed by atoms with Crippen LogP contribution in [0.3, 0.4) is 0 Å². The van der Waals surface area contributed by atoms with Crippen LogP contribution in [0.1, 0.15) is 36.6 Å². The van der Waals surface area contributed by atoms with Gasteiger partial charge in [-0.05, 0) is 49.9 Å². The van der Waals surface area contributed by atoms with Gasteiger partial charge in [-0.1, -0.05) is 42.5 Å². The molecule has 1 aliphatic heterocycles. The Kier molecular flexibility index (Phi) is 7.56. The molecule has 2 N–H and O–H groups in total. The molecule has 0 spiro atoms. The molecule has 0 unspecified atom stereocenters. The maximum absolute atomic E-state index is 5.64. The number of aromatic nitrogens is 1. The molecule has 0 amide bonds. The minimum atomic E-state index is 0.429. The number of oxazole rings is 1. The highest BCUT2D eigenvalue weighted by Gasteiger charge is 2.20. The lowest BCUT2D eigenvalue weighted by Crippen LogP contribution is -2.48. The van der Waals surface area contributed by atoms with Gasteiger partial charge in [-0.15, -0.1) is 0 Å². The van der Waals surface area contributed by atoms with Crippen LogP contribution in [0.15, 0.2) is 70.3 Å². The highest BCUT2D eigenvalue weighted by atomic mass is 16.3. The summed E-state index contributed by atoms with van der Waals surface area (Å²) >= 11 is 0. The Morgan fingerprint density at radius 1 is 1.09 bits per heavy atom. The van der Waals surface area contributed by atoms with Gasteiger partial charge in [0.25, 0.3) is 0 Å². The third-order valence-corrected chi connectivity index (χ3v) is 5.90. The smallest absolute Gasteiger partial charge is 0.226 e. The van der Waals surface area contributed by atoms with Crippen molar-refractivity contribution in [3.05, 3.63) is 77.7 Å². The van der Waals surface area contributed by atoms with Crippen molar-refractivity contribution in [2.75, 3.05) is 19.6 Å². The van der Waals surface area contributed by atoms with E-state index in [-0.39, 0.29) is 0 Å². The van der Waals surface area contributed by atoms with E-state index in [1.807, 2.05) is 30.3 Å². The minimum Gasteiger partial charge on any atom is -0.444 e. The van der Waals surface area contributed by atoms with Gasteiger partial charge >= 0.3 is 0 Å². The van der Waals surface area contributed by atoms with E-state index in [1.54, 1.807) is 6.26 Å². The Morgan fingerprint density at radius 2 is 1.84 bits per heavy atom. The summed E-state index contributed by atoms with van der Waals surface area (Å²) in [6, 6.07) is 19.0. The Morgan fingerprint density at radius 3 is 2.59 bits per heavy atom. The number of hydrogen-bond donors (Lipinski definition) is 2. The molecule has 2 heterocycles. The first-order valence-electron chi connectivity index (χ1n) is 11.5. The summed E-state index contributed by atoms with van der Waals surface area (Å²) < 4.78 is 5.64. The van der Waals surface area contributed by atoms with Gasteiger partial charge in [0.2, 0.25) is 5.89 Å². The fraction of sp³-hybridized carbons (Fsp3) is 0.385. The standard InChI is InChI=1S/C26H33N5O/c1-3-27-26(28-17-24-19-32-25(29-24)21-10-5-4-6-11-21)30-23-13-15-31(16-14-23)18-22-12-8-7-9-20(22)2/h4-12,19,23H,3,13-18H2,1-2H3,(H2,27,28,30). The van der Waals surface area contributed by atoms with E-state index in [0.717, 1.165) is 56.2 Å². The number of guanidine groups is 1. The van der Waals surface area contributed by atoms with Crippen molar-refractivity contribution in [2.24, 2.45) is 4.99 Å². The molecule has 1 fully saturated rings. The molecule has 3 aromatic rings. The first-order valence-corrected chi connectivity index (χ1v) is 11.5. The van der Waals surface area contributed by atoms with Crippen molar-refractivity contribution in [3.63, 3.8) is 0 Å². The molecular weight excluding hydrogens is 398 g/mol. The topological polar surface area (TPSA) is 65.7 Å². The number of nitrogens with zero attached hydrogens (tertiary/aromatic N) is 3. The molecule has 0 saturated carbocycles. The molecule has 0 bridgehead atoms. The third kappa shape index (κ3) is 5.98. The minimum absolute atomic E-state index is 0.429. The number of hydrogen-bond acceptors (Lipinski definition) is 4. The molecule has 0 aliphatic carbocycles. The summed E-state index contributed by atoms with van der Waals surface area (Å²) in [6.07, 6.45) is 3.91. The van der Waals surface area contributed by atoms with Crippen LogP contribution in [0.2, 0.25) is 0 Å². The van der Waals surface area contributed by atoms with Crippen molar-refractivity contribution < 1.29 is 4.42 Å². The molecule has 6 nitrogen and oxygen atoms in total. The monoisotopic (exact) mass is 431 g/mol. The first kappa shape index (κ1) is 22.1. The predicted molar refractivity (Wildman–Crippen MR) is 129 cm³/mol. The molecule has 32 heavy (non-hydrogen) atoms. The maximum Gasteiger partial charge on any atom is 0.226 e. The molecule has 1 saturated heterocycles. The average Bonchev–Trinajstić information content (AvgIpc) is 3.30. The van der Waals surface area contributed by atoms with Crippen LogP contribution in [0, 0.1) is 6.92 Å². The molecule has 0 atom stereocenters. The second-order valence-electron chi connectivity index (χ2n) is 8.33. The van der Waals surface area contributed by atoms with Crippen LogP contribution >= 0.6 is 0 Å². The average molecular weight is 432 g/mol. The molecular formula is C26H33N5O. The van der Waals surface area contributed by atoms with Crippen LogP contribution in [-0.4, -0.2) is 41.5 Å². The lowest BCUT2D eigenvalue weighted by Gasteiger charge is -2.33. The Bertz CT molecular complexity index is 1010. The second kappa shape index (κ2) is 11.0. The molecule has 2 aromatic carbocycles. The highest BCUT2D eigenvalue weighted by Crippen LogP contribution is 2.19. The van der Waals surface area contributed by atoms with E-state index in [0.29, 0.717) is 18.5 Å². The first-order chi connectivity index (χ1) is 15.7. The molecule has 1 aromatic heterocycles. The van der Waals surface area contributed by atoms with Crippen LogP contribution in [-0.2, 0) is 13.1 Å². The summed E-state index contributed by atoms with van der Waals surface area (Å²) in [4.78, 5) is 11.9. The Balaban J connectivity index is 1.29. The van der Waals surface area contributed by atoms with Crippen molar-refractivity contribution in [3.8, 4) is 11.5 Å². The van der Waals surface area contributed by atoms with Gasteiger partial charge in [-0.25, -0.2) is 9.98 Å². The summed E-state index contributed by atoms with van der Waals surface area (Å²) in [5.41, 5.74) is 4.60. The molecule has 6 heteroatoms. The van der Waals surface area contributed by atoms with E-state index in [1.165, 1.54) is 11.1 Å². The zero-order valence-electron chi connectivity index (χ0n) is 19.1. The number of piperidine rings is 1. The molecule has 0 radical (unpaired) electrons. The summed E-state index contributed by atoms with van der Waals surface area (Å²) in [7, 11) is 0. The SMILES string of the molecule is CCNC(=NCc1coc(-c2ccccc2)n1)NC1CCN(Cc2ccccc2C)CC1. The van der Waals surface area contributed by atoms with E-state index >= 15 is 0 Å². The van der Waals surface area contributed by atoms with Crippen LogP contribution < -0.4 is 10.6 Å². The lowest BCUT2D eigenvalue weighted by molar-refractivity contribution is 0.198. The zero-order valence-corrected chi connectivity index (χ0v) is 19.1. The number of aliphatic imine (C=N–C) groups is 1. The number of aryl methyl sites for hydroxylation is 1. The van der Waals surface area contributed by atoms with Crippen molar-refractivity contribution in [1.82, 2.24) is 20.5 Å². The third-order valence-electron chi connectivity index (χ3n) is 5.90. The van der Waals surface area contributed by atoms with Gasteiger partial charge in [0.15, 0.2) is 5.96 Å². The Hall–Kier alpha value is -3.12. The summed E-state index contributed by atoms with van der Waals surface area (Å²) in [6.45, 7) is 8.81. The number of rotatable bonds is 7. The van der Waals surface area contributed by atoms with Gasteiger partial charge in [0, 0.05) is 37.8 Å². The normalized spacial score (nSPS) is 15.6. The number of likely N-dealkylation sites (tertiary alicyclic amines) is 1. The van der Waals surface area contributed by atoms with E-state index < -0.39 is 0 Å². The van der Waals surface area contributed by atoms with Crippen LogP contribution in [0.5, 0.6) is 0 Å². The van der Waals surface area contributed by atoms with Crippen molar-refractivity contribution >= 4 is 5.96 Å². The molecule has 4 rings (SSSR count). The van der Waals surface area contributed by atoms with Crippen molar-refractivity contribution in [1.29, 1.82) is 0 Å². The molecule has 168 valence electrons. The van der Waals surface area contributed by atoms with Gasteiger partial charge in [-0.3, -0.25) is 4.90 Å². The summed E-state index contributed by atoms with van der Waals surface area (Å²) in [5.74, 6) is 1.48. The zero-order chi connectivity index (χ0) is 22.2. The van der Waals surface area contributed by atoms with Gasteiger partial charge in [0.05, 0.1) is 6.54 Å². The van der Waals surface area contributed by atoms with Crippen LogP contribution in [0.25, 0.3) is 11.5 Å². The van der Waals surface area contributed by atoms with Gasteiger partial charge in [0.1, 0.15) is 12.0 Å². The number of nitrogens with one attached hydrogen (secondary N) is 2. The number of benzene rings is 2. The lowest BCUT2D eigenvalue weighted by atomic mass is 10.0. The van der Waals surface area contributed by atoms with Gasteiger partial charge < -0.3 is 15.1 Å². The Labute approximate surface area is 190 Å². The van der Waals surface area contributed by atoms with E-state index in [4.69, 9.17) is 9.41 Å². The van der Waals surface area contributed by atoms with E-state index in [2.05, 4.69) is 58.6 Å².